The Labute approximate surface area is 149 Å². The smallest absolute Gasteiger partial charge is 0.410 e. The minimum absolute atomic E-state index is 0.232. The minimum Gasteiger partial charge on any atom is -0.445 e. The van der Waals surface area contributed by atoms with Crippen LogP contribution >= 0.6 is 0 Å². The van der Waals surface area contributed by atoms with Crippen molar-refractivity contribution in [3.05, 3.63) is 35.9 Å². The van der Waals surface area contributed by atoms with Crippen LogP contribution in [0.2, 0.25) is 0 Å². The zero-order chi connectivity index (χ0) is 18.7. The Balaban J connectivity index is 1.91. The van der Waals surface area contributed by atoms with Gasteiger partial charge >= 0.3 is 12.2 Å². The number of likely N-dealkylation sites (tertiary alicyclic amines) is 1. The van der Waals surface area contributed by atoms with Gasteiger partial charge in [-0.1, -0.05) is 30.3 Å². The van der Waals surface area contributed by atoms with E-state index in [4.69, 9.17) is 9.47 Å². The molecule has 0 aliphatic carbocycles. The molecule has 0 saturated carbocycles. The van der Waals surface area contributed by atoms with E-state index in [-0.39, 0.29) is 12.7 Å². The number of carbonyl (C=O) groups is 2. The fourth-order valence-electron chi connectivity index (χ4n) is 2.74. The van der Waals surface area contributed by atoms with Crippen LogP contribution in [0.25, 0.3) is 0 Å². The van der Waals surface area contributed by atoms with Crippen LogP contribution in [0.4, 0.5) is 9.59 Å². The summed E-state index contributed by atoms with van der Waals surface area (Å²) in [5.74, 6) is 0. The van der Waals surface area contributed by atoms with Crippen LogP contribution in [0.3, 0.4) is 0 Å². The Bertz CT molecular complexity index is 612. The first-order valence-electron chi connectivity index (χ1n) is 8.53. The third kappa shape index (κ3) is 5.11. The summed E-state index contributed by atoms with van der Waals surface area (Å²) in [6.45, 7) is 8.70. The zero-order valence-electron chi connectivity index (χ0n) is 15.7. The molecule has 0 aromatic heterocycles. The van der Waals surface area contributed by atoms with Gasteiger partial charge in [-0.2, -0.15) is 0 Å². The molecule has 1 aromatic rings. The van der Waals surface area contributed by atoms with Gasteiger partial charge in [0.15, 0.2) is 0 Å². The summed E-state index contributed by atoms with van der Waals surface area (Å²) >= 11 is 0. The molecule has 0 bridgehead atoms. The van der Waals surface area contributed by atoms with Crippen molar-refractivity contribution >= 4 is 12.2 Å². The molecule has 0 radical (unpaired) electrons. The van der Waals surface area contributed by atoms with E-state index < -0.39 is 17.2 Å². The molecule has 0 N–H and O–H groups in total. The third-order valence-corrected chi connectivity index (χ3v) is 4.39. The molecule has 25 heavy (non-hydrogen) atoms. The van der Waals surface area contributed by atoms with Crippen molar-refractivity contribution in [2.45, 2.75) is 51.9 Å². The van der Waals surface area contributed by atoms with Gasteiger partial charge in [-0.3, -0.25) is 0 Å². The van der Waals surface area contributed by atoms with Crippen LogP contribution in [0.15, 0.2) is 30.3 Å². The molecule has 1 atom stereocenters. The number of likely N-dealkylation sites (N-methyl/N-ethyl adjacent to an activating group) is 1. The molecule has 6 nitrogen and oxygen atoms in total. The lowest BCUT2D eigenvalue weighted by Gasteiger charge is -2.34. The number of ether oxygens (including phenoxy) is 2. The molecule has 1 saturated heterocycles. The lowest BCUT2D eigenvalue weighted by Crippen LogP contribution is -2.50. The van der Waals surface area contributed by atoms with Crippen LogP contribution in [0.5, 0.6) is 0 Å². The first kappa shape index (κ1) is 19.1. The maximum Gasteiger partial charge on any atom is 0.410 e. The van der Waals surface area contributed by atoms with E-state index in [1.54, 1.807) is 16.8 Å². The molecule has 138 valence electrons. The van der Waals surface area contributed by atoms with Crippen molar-refractivity contribution in [3.8, 4) is 0 Å². The maximum atomic E-state index is 12.4. The summed E-state index contributed by atoms with van der Waals surface area (Å²) in [5.41, 5.74) is -0.0578. The highest BCUT2D eigenvalue weighted by molar-refractivity contribution is 5.71. The van der Waals surface area contributed by atoms with Gasteiger partial charge in [0.05, 0.1) is 5.54 Å². The zero-order valence-corrected chi connectivity index (χ0v) is 15.7. The predicted octanol–water partition coefficient (Wildman–Crippen LogP) is 3.65. The molecular weight excluding hydrogens is 320 g/mol. The first-order valence-corrected chi connectivity index (χ1v) is 8.53. The van der Waals surface area contributed by atoms with E-state index in [1.807, 2.05) is 58.0 Å². The number of hydrogen-bond donors (Lipinski definition) is 0. The number of rotatable bonds is 3. The second kappa shape index (κ2) is 7.33. The average molecular weight is 348 g/mol. The van der Waals surface area contributed by atoms with E-state index in [1.165, 1.54) is 0 Å². The Kier molecular flexibility index (Phi) is 5.60. The fourth-order valence-corrected chi connectivity index (χ4v) is 2.74. The van der Waals surface area contributed by atoms with Gasteiger partial charge in [-0.15, -0.1) is 0 Å². The minimum atomic E-state index is -0.531. The summed E-state index contributed by atoms with van der Waals surface area (Å²) in [5, 5.41) is 0. The van der Waals surface area contributed by atoms with Crippen LogP contribution in [-0.4, -0.2) is 53.3 Å². The molecule has 2 rings (SSSR count). The fraction of sp³-hybridized carbons (Fsp3) is 0.579. The Hall–Kier alpha value is -2.24. The molecule has 0 spiro atoms. The molecule has 1 aromatic carbocycles. The highest BCUT2D eigenvalue weighted by Gasteiger charge is 2.42. The summed E-state index contributed by atoms with van der Waals surface area (Å²) < 4.78 is 10.8. The van der Waals surface area contributed by atoms with Gasteiger partial charge < -0.3 is 19.3 Å². The second-order valence-corrected chi connectivity index (χ2v) is 7.75. The van der Waals surface area contributed by atoms with Gasteiger partial charge in [0, 0.05) is 20.1 Å². The van der Waals surface area contributed by atoms with Crippen molar-refractivity contribution in [2.75, 3.05) is 20.1 Å². The molecule has 1 aliphatic rings. The van der Waals surface area contributed by atoms with Crippen molar-refractivity contribution < 1.29 is 19.1 Å². The lowest BCUT2D eigenvalue weighted by molar-refractivity contribution is 0.0244. The van der Waals surface area contributed by atoms with Crippen molar-refractivity contribution in [3.63, 3.8) is 0 Å². The summed E-state index contributed by atoms with van der Waals surface area (Å²) in [6.07, 6.45) is -0.0527. The Morgan fingerprint density at radius 2 is 1.88 bits per heavy atom. The van der Waals surface area contributed by atoms with Crippen molar-refractivity contribution in [2.24, 2.45) is 0 Å². The monoisotopic (exact) mass is 348 g/mol. The van der Waals surface area contributed by atoms with E-state index in [0.29, 0.717) is 19.5 Å². The van der Waals surface area contributed by atoms with Gasteiger partial charge in [-0.05, 0) is 39.7 Å². The number of nitrogens with zero attached hydrogens (tertiary/aromatic N) is 2. The highest BCUT2D eigenvalue weighted by atomic mass is 16.6. The molecule has 1 aliphatic heterocycles. The van der Waals surface area contributed by atoms with Gasteiger partial charge in [0.1, 0.15) is 12.2 Å². The molecule has 6 heteroatoms. The molecular formula is C19H28N2O4. The Morgan fingerprint density at radius 3 is 2.48 bits per heavy atom. The van der Waals surface area contributed by atoms with Crippen LogP contribution in [-0.2, 0) is 16.1 Å². The number of hydrogen-bond acceptors (Lipinski definition) is 4. The molecule has 2 amide bonds. The van der Waals surface area contributed by atoms with Crippen LogP contribution < -0.4 is 0 Å². The lowest BCUT2D eigenvalue weighted by atomic mass is 10.0. The number of benzene rings is 1. The topological polar surface area (TPSA) is 59.1 Å². The molecule has 1 unspecified atom stereocenters. The SMILES string of the molecule is CN(C(=O)OCc1ccccc1)C1(C)CCN(C(=O)OC(C)(C)C)C1. The number of carbonyl (C=O) groups excluding carboxylic acids is 2. The first-order chi connectivity index (χ1) is 11.6. The van der Waals surface area contributed by atoms with E-state index in [9.17, 15) is 9.59 Å². The van der Waals surface area contributed by atoms with Gasteiger partial charge in [-0.25, -0.2) is 9.59 Å². The van der Waals surface area contributed by atoms with Crippen molar-refractivity contribution in [1.82, 2.24) is 9.80 Å². The highest BCUT2D eigenvalue weighted by Crippen LogP contribution is 2.28. The van der Waals surface area contributed by atoms with Crippen LogP contribution in [0, 0.1) is 0 Å². The summed E-state index contributed by atoms with van der Waals surface area (Å²) in [7, 11) is 1.71. The largest absolute Gasteiger partial charge is 0.445 e. The van der Waals surface area contributed by atoms with Gasteiger partial charge in [0.2, 0.25) is 0 Å². The van der Waals surface area contributed by atoms with E-state index in [2.05, 4.69) is 0 Å². The molecule has 1 heterocycles. The number of amides is 2. The van der Waals surface area contributed by atoms with Crippen LogP contribution in [0.1, 0.15) is 39.7 Å². The van der Waals surface area contributed by atoms with Crippen molar-refractivity contribution in [1.29, 1.82) is 0 Å². The quantitative estimate of drug-likeness (QED) is 0.836. The van der Waals surface area contributed by atoms with E-state index >= 15 is 0 Å². The van der Waals surface area contributed by atoms with E-state index in [0.717, 1.165) is 5.56 Å². The second-order valence-electron chi connectivity index (χ2n) is 7.75. The van der Waals surface area contributed by atoms with Gasteiger partial charge in [0.25, 0.3) is 0 Å². The maximum absolute atomic E-state index is 12.4. The normalized spacial score (nSPS) is 20.3. The third-order valence-electron chi connectivity index (χ3n) is 4.39. The molecule has 1 fully saturated rings. The summed E-state index contributed by atoms with van der Waals surface area (Å²) in [6, 6.07) is 9.56. The average Bonchev–Trinajstić information content (AvgIpc) is 2.95. The Morgan fingerprint density at radius 1 is 1.24 bits per heavy atom. The standard InChI is InChI=1S/C19H28N2O4/c1-18(2,3)25-17(23)21-12-11-19(4,14-21)20(5)16(22)24-13-15-9-7-6-8-10-15/h6-10H,11-14H2,1-5H3. The summed E-state index contributed by atoms with van der Waals surface area (Å²) in [4.78, 5) is 27.8. The predicted molar refractivity (Wildman–Crippen MR) is 95.2 cm³/mol.